The third kappa shape index (κ3) is 3.60. The molecule has 2 aromatic rings. The summed E-state index contributed by atoms with van der Waals surface area (Å²) in [6, 6.07) is 14.2. The number of hydrogen-bond acceptors (Lipinski definition) is 5. The Morgan fingerprint density at radius 2 is 1.96 bits per heavy atom. The summed E-state index contributed by atoms with van der Waals surface area (Å²) in [6.45, 7) is 1.32. The van der Waals surface area contributed by atoms with Gasteiger partial charge in [-0.1, -0.05) is 34.1 Å². The van der Waals surface area contributed by atoms with Gasteiger partial charge in [-0.2, -0.15) is 0 Å². The van der Waals surface area contributed by atoms with Crippen LogP contribution in [-0.2, 0) is 14.3 Å². The van der Waals surface area contributed by atoms with E-state index in [1.54, 1.807) is 24.3 Å². The molecule has 1 aliphatic rings. The first-order valence-electron chi connectivity index (χ1n) is 7.09. The molecule has 120 valence electrons. The summed E-state index contributed by atoms with van der Waals surface area (Å²) in [5, 5.41) is 0. The highest BCUT2D eigenvalue weighted by molar-refractivity contribution is 9.10. The largest absolute Gasteiger partial charge is 0.427 e. The Balaban J connectivity index is 1.95. The minimum Gasteiger partial charge on any atom is -0.427 e. The van der Waals surface area contributed by atoms with Crippen molar-refractivity contribution in [1.29, 1.82) is 0 Å². The van der Waals surface area contributed by atoms with Crippen LogP contribution < -0.4 is 4.74 Å². The molecule has 0 N–H and O–H groups in total. The second-order valence-electron chi connectivity index (χ2n) is 4.98. The first kappa shape index (κ1) is 16.1. The molecule has 0 fully saturated rings. The van der Waals surface area contributed by atoms with Crippen molar-refractivity contribution in [2.24, 2.45) is 4.99 Å². The van der Waals surface area contributed by atoms with Crippen molar-refractivity contribution in [3.8, 4) is 5.75 Å². The molecule has 5 nitrogen and oxygen atoms in total. The molecule has 0 aliphatic carbocycles. The predicted octanol–water partition coefficient (Wildman–Crippen LogP) is 3.72. The highest BCUT2D eigenvalue weighted by atomic mass is 79.9. The Kier molecular flexibility index (Phi) is 4.57. The van der Waals surface area contributed by atoms with Gasteiger partial charge in [0.25, 0.3) is 0 Å². The summed E-state index contributed by atoms with van der Waals surface area (Å²) in [5.41, 5.74) is 1.55. The summed E-state index contributed by atoms with van der Waals surface area (Å²) in [5.74, 6) is -0.297. The van der Waals surface area contributed by atoms with Crippen molar-refractivity contribution in [3.63, 3.8) is 0 Å². The first-order chi connectivity index (χ1) is 11.5. The molecule has 0 bridgehead atoms. The fourth-order valence-electron chi connectivity index (χ4n) is 2.12. The molecule has 3 rings (SSSR count). The van der Waals surface area contributed by atoms with Crippen molar-refractivity contribution in [1.82, 2.24) is 0 Å². The van der Waals surface area contributed by atoms with Crippen molar-refractivity contribution in [3.05, 3.63) is 69.8 Å². The topological polar surface area (TPSA) is 65.0 Å². The van der Waals surface area contributed by atoms with Crippen molar-refractivity contribution >= 4 is 39.8 Å². The fourth-order valence-corrected chi connectivity index (χ4v) is 2.48. The van der Waals surface area contributed by atoms with Gasteiger partial charge in [-0.15, -0.1) is 0 Å². The minimum absolute atomic E-state index is 0.175. The lowest BCUT2D eigenvalue weighted by Crippen LogP contribution is -2.05. The quantitative estimate of drug-likeness (QED) is 0.458. The smallest absolute Gasteiger partial charge is 0.363 e. The van der Waals surface area contributed by atoms with Crippen LogP contribution in [0.1, 0.15) is 18.1 Å². The van der Waals surface area contributed by atoms with Gasteiger partial charge in [0.1, 0.15) is 5.75 Å². The SMILES string of the molecule is CC(=O)Oc1ccc(Br)c(/C=C2/N=C(c3ccccc3)OC2=O)c1. The van der Waals surface area contributed by atoms with Crippen LogP contribution in [0.15, 0.2) is 63.7 Å². The van der Waals surface area contributed by atoms with Crippen molar-refractivity contribution in [2.75, 3.05) is 0 Å². The molecule has 24 heavy (non-hydrogen) atoms. The summed E-state index contributed by atoms with van der Waals surface area (Å²) in [4.78, 5) is 27.3. The van der Waals surface area contributed by atoms with E-state index >= 15 is 0 Å². The number of ether oxygens (including phenoxy) is 2. The number of aliphatic imine (C=N–C) groups is 1. The Morgan fingerprint density at radius 3 is 2.67 bits per heavy atom. The average molecular weight is 386 g/mol. The van der Waals surface area contributed by atoms with E-state index < -0.39 is 11.9 Å². The van der Waals surface area contributed by atoms with Crippen molar-refractivity contribution in [2.45, 2.75) is 6.92 Å². The first-order valence-corrected chi connectivity index (χ1v) is 7.88. The maximum absolute atomic E-state index is 12.0. The lowest BCUT2D eigenvalue weighted by molar-refractivity contribution is -0.132. The number of nitrogens with zero attached hydrogens (tertiary/aromatic N) is 1. The van der Waals surface area contributed by atoms with Crippen LogP contribution in [0.25, 0.3) is 6.08 Å². The van der Waals surface area contributed by atoms with Crippen LogP contribution in [0.5, 0.6) is 5.75 Å². The van der Waals surface area contributed by atoms with Gasteiger partial charge in [-0.3, -0.25) is 4.79 Å². The average Bonchev–Trinajstić information content (AvgIpc) is 2.92. The minimum atomic E-state index is -0.529. The van der Waals surface area contributed by atoms with Crippen LogP contribution in [0.3, 0.4) is 0 Å². The summed E-state index contributed by atoms with van der Waals surface area (Å²) >= 11 is 3.40. The van der Waals surface area contributed by atoms with Gasteiger partial charge >= 0.3 is 11.9 Å². The Labute approximate surface area is 146 Å². The van der Waals surface area contributed by atoms with E-state index in [-0.39, 0.29) is 11.6 Å². The van der Waals surface area contributed by atoms with E-state index in [2.05, 4.69) is 20.9 Å². The van der Waals surface area contributed by atoms with E-state index in [9.17, 15) is 9.59 Å². The van der Waals surface area contributed by atoms with Crippen LogP contribution in [0, 0.1) is 0 Å². The van der Waals surface area contributed by atoms with Gasteiger partial charge in [-0.25, -0.2) is 9.79 Å². The second-order valence-corrected chi connectivity index (χ2v) is 5.83. The number of halogens is 1. The van der Waals surface area contributed by atoms with Gasteiger partial charge in [-0.05, 0) is 42.0 Å². The maximum atomic E-state index is 12.0. The molecule has 1 aliphatic heterocycles. The van der Waals surface area contributed by atoms with E-state index in [1.807, 2.05) is 30.3 Å². The van der Waals surface area contributed by atoms with Crippen LogP contribution in [-0.4, -0.2) is 17.8 Å². The van der Waals surface area contributed by atoms with Gasteiger partial charge < -0.3 is 9.47 Å². The molecule has 6 heteroatoms. The molecular weight excluding hydrogens is 374 g/mol. The van der Waals surface area contributed by atoms with Gasteiger partial charge in [0.2, 0.25) is 5.90 Å². The normalized spacial score (nSPS) is 15.2. The maximum Gasteiger partial charge on any atom is 0.363 e. The molecule has 0 spiro atoms. The Hall–Kier alpha value is -2.73. The van der Waals surface area contributed by atoms with Gasteiger partial charge in [0.05, 0.1) is 0 Å². The predicted molar refractivity (Wildman–Crippen MR) is 92.5 cm³/mol. The number of hydrogen-bond donors (Lipinski definition) is 0. The van der Waals surface area contributed by atoms with E-state index in [4.69, 9.17) is 9.47 Å². The summed E-state index contributed by atoms with van der Waals surface area (Å²) in [6.07, 6.45) is 1.58. The van der Waals surface area contributed by atoms with E-state index in [0.717, 1.165) is 10.0 Å². The lowest BCUT2D eigenvalue weighted by Gasteiger charge is -2.04. The third-order valence-corrected chi connectivity index (χ3v) is 3.88. The second kappa shape index (κ2) is 6.80. The number of rotatable bonds is 3. The fraction of sp³-hybridized carbons (Fsp3) is 0.0556. The van der Waals surface area contributed by atoms with Crippen molar-refractivity contribution < 1.29 is 19.1 Å². The van der Waals surface area contributed by atoms with Gasteiger partial charge in [0, 0.05) is 17.0 Å². The lowest BCUT2D eigenvalue weighted by atomic mass is 10.2. The van der Waals surface area contributed by atoms with Crippen LogP contribution >= 0.6 is 15.9 Å². The van der Waals surface area contributed by atoms with E-state index in [1.165, 1.54) is 6.92 Å². The zero-order valence-electron chi connectivity index (χ0n) is 12.7. The molecule has 0 radical (unpaired) electrons. The third-order valence-electron chi connectivity index (χ3n) is 3.16. The molecule has 2 aromatic carbocycles. The summed E-state index contributed by atoms with van der Waals surface area (Å²) < 4.78 is 11.0. The molecule has 0 aromatic heterocycles. The van der Waals surface area contributed by atoms with Crippen LogP contribution in [0.4, 0.5) is 0 Å². The molecule has 0 atom stereocenters. The number of esters is 2. The molecule has 0 saturated carbocycles. The molecule has 0 amide bonds. The van der Waals surface area contributed by atoms with Gasteiger partial charge in [0.15, 0.2) is 5.70 Å². The highest BCUT2D eigenvalue weighted by Crippen LogP contribution is 2.27. The number of carbonyl (C=O) groups is 2. The Bertz CT molecular complexity index is 872. The number of cyclic esters (lactones) is 1. The standard InChI is InChI=1S/C18H12BrNO4/c1-11(21)23-14-7-8-15(19)13(9-14)10-16-18(22)24-17(20-16)12-5-3-2-4-6-12/h2-10H,1H3/b16-10+. The molecule has 0 unspecified atom stereocenters. The molecule has 0 saturated heterocycles. The zero-order chi connectivity index (χ0) is 17.1. The Morgan fingerprint density at radius 1 is 1.21 bits per heavy atom. The highest BCUT2D eigenvalue weighted by Gasteiger charge is 2.24. The van der Waals surface area contributed by atoms with E-state index in [0.29, 0.717) is 11.3 Å². The summed E-state index contributed by atoms with van der Waals surface area (Å²) in [7, 11) is 0. The number of benzene rings is 2. The zero-order valence-corrected chi connectivity index (χ0v) is 14.2. The monoisotopic (exact) mass is 385 g/mol. The number of carbonyl (C=O) groups excluding carboxylic acids is 2. The van der Waals surface area contributed by atoms with Crippen LogP contribution in [0.2, 0.25) is 0 Å². The molecular formula is C18H12BrNO4. The molecule has 1 heterocycles.